The van der Waals surface area contributed by atoms with Gasteiger partial charge in [-0.3, -0.25) is 9.78 Å². The van der Waals surface area contributed by atoms with E-state index in [4.69, 9.17) is 4.42 Å². The Morgan fingerprint density at radius 3 is 2.83 bits per heavy atom. The molecule has 114 valence electrons. The number of rotatable bonds is 2. The maximum atomic E-state index is 12.4. The second-order valence-corrected chi connectivity index (χ2v) is 5.49. The summed E-state index contributed by atoms with van der Waals surface area (Å²) in [6.07, 6.45) is 3.08. The van der Waals surface area contributed by atoms with Crippen molar-refractivity contribution in [3.63, 3.8) is 0 Å². The van der Waals surface area contributed by atoms with Crippen LogP contribution in [-0.2, 0) is 0 Å². The Labute approximate surface area is 133 Å². The molecule has 0 saturated carbocycles. The van der Waals surface area contributed by atoms with Crippen LogP contribution < -0.4 is 10.6 Å². The highest BCUT2D eigenvalue weighted by molar-refractivity contribution is 6.03. The van der Waals surface area contributed by atoms with Crippen molar-refractivity contribution in [3.05, 3.63) is 71.7 Å². The van der Waals surface area contributed by atoms with Gasteiger partial charge >= 0.3 is 0 Å². The van der Waals surface area contributed by atoms with Crippen molar-refractivity contribution in [1.82, 2.24) is 10.3 Å². The van der Waals surface area contributed by atoms with Crippen molar-refractivity contribution < 1.29 is 9.21 Å². The highest BCUT2D eigenvalue weighted by Crippen LogP contribution is 2.31. The number of amides is 1. The molecule has 1 atom stereocenters. The first-order chi connectivity index (χ1) is 11.2. The van der Waals surface area contributed by atoms with Crippen molar-refractivity contribution in [2.75, 3.05) is 5.32 Å². The first-order valence-corrected chi connectivity index (χ1v) is 7.39. The van der Waals surface area contributed by atoms with E-state index in [1.54, 1.807) is 12.4 Å². The van der Waals surface area contributed by atoms with E-state index in [0.717, 1.165) is 22.6 Å². The topological polar surface area (TPSA) is 67.2 Å². The van der Waals surface area contributed by atoms with Gasteiger partial charge in [-0.2, -0.15) is 0 Å². The predicted molar refractivity (Wildman–Crippen MR) is 86.9 cm³/mol. The smallest absolute Gasteiger partial charge is 0.255 e. The van der Waals surface area contributed by atoms with Crippen LogP contribution in [0.1, 0.15) is 27.8 Å². The highest BCUT2D eigenvalue weighted by atomic mass is 16.3. The Bertz CT molecular complexity index is 871. The Hall–Kier alpha value is -3.08. The molecule has 3 heterocycles. The molecule has 0 spiro atoms. The van der Waals surface area contributed by atoms with Crippen LogP contribution in [0.25, 0.3) is 11.3 Å². The zero-order valence-electron chi connectivity index (χ0n) is 12.5. The van der Waals surface area contributed by atoms with Crippen molar-refractivity contribution in [2.24, 2.45) is 0 Å². The summed E-state index contributed by atoms with van der Waals surface area (Å²) >= 11 is 0. The van der Waals surface area contributed by atoms with Gasteiger partial charge in [0.2, 0.25) is 0 Å². The van der Waals surface area contributed by atoms with Crippen LogP contribution in [0.2, 0.25) is 0 Å². The Morgan fingerprint density at radius 1 is 1.09 bits per heavy atom. The summed E-state index contributed by atoms with van der Waals surface area (Å²) < 4.78 is 5.89. The fourth-order valence-corrected chi connectivity index (χ4v) is 2.80. The largest absolute Gasteiger partial charge is 0.457 e. The van der Waals surface area contributed by atoms with Crippen LogP contribution in [0.3, 0.4) is 0 Å². The Balaban J connectivity index is 1.66. The van der Waals surface area contributed by atoms with Gasteiger partial charge in [-0.15, -0.1) is 0 Å². The fourth-order valence-electron chi connectivity index (χ4n) is 2.80. The number of hydrogen-bond donors (Lipinski definition) is 2. The van der Waals surface area contributed by atoms with Crippen LogP contribution >= 0.6 is 0 Å². The number of carbonyl (C=O) groups excluding carboxylic acids is 1. The van der Waals surface area contributed by atoms with Crippen molar-refractivity contribution >= 4 is 11.6 Å². The molecule has 2 aromatic heterocycles. The lowest BCUT2D eigenvalue weighted by atomic mass is 10.0. The summed E-state index contributed by atoms with van der Waals surface area (Å²) in [4.78, 5) is 16.5. The quantitative estimate of drug-likeness (QED) is 0.760. The number of fused-ring (bicyclic) bond motifs is 1. The average Bonchev–Trinajstić information content (AvgIpc) is 3.05. The van der Waals surface area contributed by atoms with Crippen LogP contribution in [0.4, 0.5) is 5.69 Å². The number of pyridine rings is 1. The van der Waals surface area contributed by atoms with E-state index in [9.17, 15) is 4.79 Å². The SMILES string of the molecule is Cc1cccc2c1C(=O)N[C@@H](c1ccc(-c3cccnc3)o1)N2. The second kappa shape index (κ2) is 5.28. The van der Waals surface area contributed by atoms with Crippen molar-refractivity contribution in [1.29, 1.82) is 0 Å². The van der Waals surface area contributed by atoms with Crippen LogP contribution in [-0.4, -0.2) is 10.9 Å². The molecule has 5 nitrogen and oxygen atoms in total. The third-order valence-electron chi connectivity index (χ3n) is 3.93. The number of nitrogens with one attached hydrogen (secondary N) is 2. The van der Waals surface area contributed by atoms with E-state index in [2.05, 4.69) is 15.6 Å². The van der Waals surface area contributed by atoms with E-state index in [0.29, 0.717) is 11.3 Å². The normalized spacial score (nSPS) is 16.4. The lowest BCUT2D eigenvalue weighted by Crippen LogP contribution is -2.38. The number of furan rings is 1. The predicted octanol–water partition coefficient (Wildman–Crippen LogP) is 3.50. The van der Waals surface area contributed by atoms with Gasteiger partial charge in [-0.1, -0.05) is 12.1 Å². The molecule has 1 amide bonds. The number of anilines is 1. The zero-order valence-corrected chi connectivity index (χ0v) is 12.5. The molecule has 0 radical (unpaired) electrons. The molecule has 0 aliphatic carbocycles. The van der Waals surface area contributed by atoms with Gasteiger partial charge < -0.3 is 15.1 Å². The number of aromatic nitrogens is 1. The van der Waals surface area contributed by atoms with Gasteiger partial charge in [0, 0.05) is 23.6 Å². The molecule has 0 fully saturated rings. The molecular formula is C18H15N3O2. The van der Waals surface area contributed by atoms with Crippen molar-refractivity contribution in [3.8, 4) is 11.3 Å². The molecule has 1 aromatic carbocycles. The van der Waals surface area contributed by atoms with Gasteiger partial charge in [0.1, 0.15) is 11.5 Å². The number of benzene rings is 1. The molecule has 3 aromatic rings. The molecule has 0 saturated heterocycles. The molecular weight excluding hydrogens is 290 g/mol. The number of aryl methyl sites for hydroxylation is 1. The number of carbonyl (C=O) groups is 1. The van der Waals surface area contributed by atoms with E-state index >= 15 is 0 Å². The lowest BCUT2D eigenvalue weighted by Gasteiger charge is -2.27. The molecule has 4 rings (SSSR count). The minimum Gasteiger partial charge on any atom is -0.457 e. The molecule has 5 heteroatoms. The summed E-state index contributed by atoms with van der Waals surface area (Å²) in [5.41, 5.74) is 3.35. The summed E-state index contributed by atoms with van der Waals surface area (Å²) in [6, 6.07) is 13.3. The second-order valence-electron chi connectivity index (χ2n) is 5.49. The molecule has 2 N–H and O–H groups in total. The van der Waals surface area contributed by atoms with Crippen LogP contribution in [0, 0.1) is 6.92 Å². The average molecular weight is 305 g/mol. The lowest BCUT2D eigenvalue weighted by molar-refractivity contribution is 0.0930. The summed E-state index contributed by atoms with van der Waals surface area (Å²) in [6.45, 7) is 1.92. The first-order valence-electron chi connectivity index (χ1n) is 7.39. The standard InChI is InChI=1S/C18H15N3O2/c1-11-4-2-6-13-16(11)18(22)21-17(20-13)15-8-7-14(23-15)12-5-3-9-19-10-12/h2-10,17,20H,1H3,(H,21,22)/t17-/m0/s1. The van der Waals surface area contributed by atoms with Gasteiger partial charge in [0.15, 0.2) is 6.17 Å². The van der Waals surface area contributed by atoms with Crippen LogP contribution in [0.5, 0.6) is 0 Å². The minimum atomic E-state index is -0.387. The van der Waals surface area contributed by atoms with E-state index < -0.39 is 0 Å². The van der Waals surface area contributed by atoms with E-state index in [1.807, 2.05) is 49.4 Å². The zero-order chi connectivity index (χ0) is 15.8. The molecule has 1 aliphatic rings. The summed E-state index contributed by atoms with van der Waals surface area (Å²) in [7, 11) is 0. The van der Waals surface area contributed by atoms with Crippen LogP contribution in [0.15, 0.2) is 59.3 Å². The van der Waals surface area contributed by atoms with Gasteiger partial charge in [-0.25, -0.2) is 0 Å². The molecule has 0 bridgehead atoms. The molecule has 1 aliphatic heterocycles. The van der Waals surface area contributed by atoms with Gasteiger partial charge in [0.05, 0.1) is 5.56 Å². The van der Waals surface area contributed by atoms with Gasteiger partial charge in [-0.05, 0) is 42.8 Å². The first kappa shape index (κ1) is 13.6. The Kier molecular flexibility index (Phi) is 3.12. The number of hydrogen-bond acceptors (Lipinski definition) is 4. The maximum absolute atomic E-state index is 12.4. The summed E-state index contributed by atoms with van der Waals surface area (Å²) in [5.74, 6) is 1.28. The maximum Gasteiger partial charge on any atom is 0.255 e. The third-order valence-corrected chi connectivity index (χ3v) is 3.93. The monoisotopic (exact) mass is 305 g/mol. The third kappa shape index (κ3) is 2.36. The fraction of sp³-hybridized carbons (Fsp3) is 0.111. The molecule has 0 unspecified atom stereocenters. The van der Waals surface area contributed by atoms with Gasteiger partial charge in [0.25, 0.3) is 5.91 Å². The highest BCUT2D eigenvalue weighted by Gasteiger charge is 2.27. The Morgan fingerprint density at radius 2 is 2.00 bits per heavy atom. The van der Waals surface area contributed by atoms with E-state index in [1.165, 1.54) is 0 Å². The molecule has 23 heavy (non-hydrogen) atoms. The minimum absolute atomic E-state index is 0.0961. The van der Waals surface area contributed by atoms with E-state index in [-0.39, 0.29) is 12.1 Å². The van der Waals surface area contributed by atoms with Crippen molar-refractivity contribution in [2.45, 2.75) is 13.1 Å². The number of nitrogens with zero attached hydrogens (tertiary/aromatic N) is 1. The summed E-state index contributed by atoms with van der Waals surface area (Å²) in [5, 5.41) is 6.24.